The van der Waals surface area contributed by atoms with Crippen LogP contribution in [0.3, 0.4) is 0 Å². The summed E-state index contributed by atoms with van der Waals surface area (Å²) in [5, 5.41) is 30.7. The summed E-state index contributed by atoms with van der Waals surface area (Å²) in [7, 11) is 0. The van der Waals surface area contributed by atoms with Gasteiger partial charge in [0.15, 0.2) is 6.23 Å². The lowest BCUT2D eigenvalue weighted by Gasteiger charge is -2.17. The van der Waals surface area contributed by atoms with Crippen LogP contribution >= 0.6 is 11.8 Å². The summed E-state index contributed by atoms with van der Waals surface area (Å²) in [6.45, 7) is -0.348. The molecule has 0 spiro atoms. The molecule has 1 aliphatic rings. The van der Waals surface area contributed by atoms with Crippen molar-refractivity contribution in [2.24, 2.45) is 0 Å². The zero-order valence-electron chi connectivity index (χ0n) is 10.7. The molecule has 0 unspecified atom stereocenters. The minimum Gasteiger partial charge on any atom is -0.394 e. The zero-order chi connectivity index (χ0) is 14.3. The lowest BCUT2D eigenvalue weighted by atomic mass is 10.1. The number of rotatable bonds is 3. The predicted octanol–water partition coefficient (Wildman–Crippen LogP) is -0.235. The molecule has 0 amide bonds. The number of aliphatic hydroxyl groups excluding tert-OH is 3. The van der Waals surface area contributed by atoms with Crippen LogP contribution in [0.25, 0.3) is 11.0 Å². The molecule has 0 radical (unpaired) electrons. The second-order valence-electron chi connectivity index (χ2n) is 4.57. The maximum absolute atomic E-state index is 10.1. The van der Waals surface area contributed by atoms with Gasteiger partial charge in [0, 0.05) is 6.20 Å². The molecule has 8 heteroatoms. The number of nitrogens with zero attached hydrogens (tertiary/aromatic N) is 3. The highest BCUT2D eigenvalue weighted by Gasteiger charge is 2.43. The molecule has 3 heterocycles. The van der Waals surface area contributed by atoms with Crippen LogP contribution in [-0.4, -0.2) is 61.0 Å². The summed E-state index contributed by atoms with van der Waals surface area (Å²) < 4.78 is 7.16. The molecular formula is C12H15N3O4S. The first-order valence-corrected chi connectivity index (χ1v) is 7.38. The molecule has 1 fully saturated rings. The first-order chi connectivity index (χ1) is 9.67. The standard InChI is InChI=1S/C12H15N3O4S/c1-20-11-6-2-3-15(10(6)13-5-14-11)12-9(18)8(17)7(4-16)19-12/h2-3,5,7-9,12,16-18H,4H2,1H3/t7-,8+,9+,12+/m0/s1. The number of aliphatic hydroxyl groups is 3. The third-order valence-electron chi connectivity index (χ3n) is 3.46. The van der Waals surface area contributed by atoms with Crippen LogP contribution < -0.4 is 0 Å². The van der Waals surface area contributed by atoms with Gasteiger partial charge in [-0.05, 0) is 12.3 Å². The fourth-order valence-corrected chi connectivity index (χ4v) is 2.96. The molecule has 7 nitrogen and oxygen atoms in total. The monoisotopic (exact) mass is 297 g/mol. The summed E-state index contributed by atoms with van der Waals surface area (Å²) in [4.78, 5) is 8.38. The second-order valence-corrected chi connectivity index (χ2v) is 5.37. The number of hydrogen-bond donors (Lipinski definition) is 3. The van der Waals surface area contributed by atoms with Crippen molar-refractivity contribution in [2.45, 2.75) is 29.6 Å². The van der Waals surface area contributed by atoms with Crippen molar-refractivity contribution in [2.75, 3.05) is 12.9 Å². The lowest BCUT2D eigenvalue weighted by Crippen LogP contribution is -2.33. The number of aromatic nitrogens is 3. The van der Waals surface area contributed by atoms with Crippen LogP contribution in [0.4, 0.5) is 0 Å². The molecule has 0 saturated carbocycles. The highest BCUT2D eigenvalue weighted by molar-refractivity contribution is 7.98. The van der Waals surface area contributed by atoms with Crippen LogP contribution in [0, 0.1) is 0 Å². The Kier molecular flexibility index (Phi) is 3.65. The van der Waals surface area contributed by atoms with E-state index in [1.54, 1.807) is 10.8 Å². The van der Waals surface area contributed by atoms with Crippen LogP contribution in [0.2, 0.25) is 0 Å². The van der Waals surface area contributed by atoms with E-state index < -0.39 is 24.5 Å². The van der Waals surface area contributed by atoms with Crippen molar-refractivity contribution < 1.29 is 20.1 Å². The van der Waals surface area contributed by atoms with E-state index in [1.807, 2.05) is 12.3 Å². The second kappa shape index (κ2) is 5.30. The highest BCUT2D eigenvalue weighted by Crippen LogP contribution is 2.33. The van der Waals surface area contributed by atoms with E-state index in [2.05, 4.69) is 9.97 Å². The number of ether oxygens (including phenoxy) is 1. The Morgan fingerprint density at radius 3 is 2.80 bits per heavy atom. The Morgan fingerprint density at radius 2 is 2.15 bits per heavy atom. The summed E-state index contributed by atoms with van der Waals surface area (Å²) in [6, 6.07) is 1.84. The van der Waals surface area contributed by atoms with E-state index in [-0.39, 0.29) is 6.61 Å². The van der Waals surface area contributed by atoms with Crippen LogP contribution in [0.15, 0.2) is 23.6 Å². The zero-order valence-corrected chi connectivity index (χ0v) is 11.6. The summed E-state index contributed by atoms with van der Waals surface area (Å²) in [5.74, 6) is 0. The SMILES string of the molecule is CSc1ncnc2c1ccn2[C@@H]1O[C@@H](CO)[C@@H](O)[C@H]1O. The third kappa shape index (κ3) is 2.00. The van der Waals surface area contributed by atoms with E-state index in [1.165, 1.54) is 18.1 Å². The quantitative estimate of drug-likeness (QED) is 0.531. The minimum absolute atomic E-state index is 0.348. The van der Waals surface area contributed by atoms with E-state index in [4.69, 9.17) is 9.84 Å². The Balaban J connectivity index is 2.03. The molecule has 2 aromatic heterocycles. The minimum atomic E-state index is -1.12. The van der Waals surface area contributed by atoms with E-state index in [9.17, 15) is 10.2 Å². The number of hydrogen-bond acceptors (Lipinski definition) is 7. The number of fused-ring (bicyclic) bond motifs is 1. The molecule has 1 saturated heterocycles. The van der Waals surface area contributed by atoms with Gasteiger partial charge in [0.25, 0.3) is 0 Å². The molecular weight excluding hydrogens is 282 g/mol. The first kappa shape index (κ1) is 13.8. The van der Waals surface area contributed by atoms with Gasteiger partial charge in [0.1, 0.15) is 35.3 Å². The van der Waals surface area contributed by atoms with Crippen molar-refractivity contribution >= 4 is 22.8 Å². The van der Waals surface area contributed by atoms with Gasteiger partial charge in [-0.2, -0.15) is 0 Å². The highest BCUT2D eigenvalue weighted by atomic mass is 32.2. The lowest BCUT2D eigenvalue weighted by molar-refractivity contribution is -0.0508. The van der Waals surface area contributed by atoms with Gasteiger partial charge in [0.05, 0.1) is 12.0 Å². The van der Waals surface area contributed by atoms with Crippen LogP contribution in [0.1, 0.15) is 6.23 Å². The summed E-state index contributed by atoms with van der Waals surface area (Å²) in [5.41, 5.74) is 0.624. The maximum atomic E-state index is 10.1. The van der Waals surface area contributed by atoms with Crippen molar-refractivity contribution in [3.05, 3.63) is 18.6 Å². The fraction of sp³-hybridized carbons (Fsp3) is 0.500. The van der Waals surface area contributed by atoms with Gasteiger partial charge >= 0.3 is 0 Å². The van der Waals surface area contributed by atoms with Gasteiger partial charge in [-0.3, -0.25) is 0 Å². The molecule has 0 bridgehead atoms. The van der Waals surface area contributed by atoms with Gasteiger partial charge in [-0.25, -0.2) is 9.97 Å². The van der Waals surface area contributed by atoms with Crippen LogP contribution in [0.5, 0.6) is 0 Å². The molecule has 3 rings (SSSR count). The van der Waals surface area contributed by atoms with E-state index in [0.29, 0.717) is 5.65 Å². The molecule has 2 aromatic rings. The fourth-order valence-electron chi connectivity index (χ4n) is 2.43. The van der Waals surface area contributed by atoms with Gasteiger partial charge in [-0.15, -0.1) is 11.8 Å². The molecule has 1 aliphatic heterocycles. The molecule has 0 aliphatic carbocycles. The van der Waals surface area contributed by atoms with Crippen LogP contribution in [-0.2, 0) is 4.74 Å². The molecule has 3 N–H and O–H groups in total. The molecule has 4 atom stereocenters. The van der Waals surface area contributed by atoms with Crippen molar-refractivity contribution in [1.82, 2.24) is 14.5 Å². The summed E-state index contributed by atoms with van der Waals surface area (Å²) >= 11 is 1.50. The largest absolute Gasteiger partial charge is 0.394 e. The van der Waals surface area contributed by atoms with E-state index >= 15 is 0 Å². The Hall–Kier alpha value is -1.19. The molecule has 20 heavy (non-hydrogen) atoms. The van der Waals surface area contributed by atoms with E-state index in [0.717, 1.165) is 10.4 Å². The van der Waals surface area contributed by atoms with Crippen molar-refractivity contribution in [3.63, 3.8) is 0 Å². The van der Waals surface area contributed by atoms with Crippen molar-refractivity contribution in [3.8, 4) is 0 Å². The van der Waals surface area contributed by atoms with Gasteiger partial charge in [0.2, 0.25) is 0 Å². The van der Waals surface area contributed by atoms with Gasteiger partial charge in [-0.1, -0.05) is 0 Å². The predicted molar refractivity (Wildman–Crippen MR) is 72.3 cm³/mol. The Bertz CT molecular complexity index is 620. The normalized spacial score (nSPS) is 30.2. The average Bonchev–Trinajstić information content (AvgIpc) is 3.01. The van der Waals surface area contributed by atoms with Crippen molar-refractivity contribution in [1.29, 1.82) is 0 Å². The smallest absolute Gasteiger partial charge is 0.164 e. The Labute approximate surface area is 119 Å². The molecule has 108 valence electrons. The Morgan fingerprint density at radius 1 is 1.35 bits per heavy atom. The topological polar surface area (TPSA) is 101 Å². The molecule has 0 aromatic carbocycles. The average molecular weight is 297 g/mol. The summed E-state index contributed by atoms with van der Waals surface area (Å²) in [6.07, 6.45) is 1.30. The first-order valence-electron chi connectivity index (χ1n) is 6.15. The van der Waals surface area contributed by atoms with Gasteiger partial charge < -0.3 is 24.6 Å². The maximum Gasteiger partial charge on any atom is 0.164 e. The number of thioether (sulfide) groups is 1. The third-order valence-corrected chi connectivity index (χ3v) is 4.17.